The van der Waals surface area contributed by atoms with E-state index in [4.69, 9.17) is 9.15 Å². The van der Waals surface area contributed by atoms with Crippen LogP contribution in [0.15, 0.2) is 51.7 Å². The highest BCUT2D eigenvalue weighted by molar-refractivity contribution is 6.03. The first-order chi connectivity index (χ1) is 12.9. The number of aryl methyl sites for hydroxylation is 2. The Labute approximate surface area is 155 Å². The lowest BCUT2D eigenvalue weighted by Crippen LogP contribution is -2.15. The van der Waals surface area contributed by atoms with Gasteiger partial charge in [0.05, 0.1) is 17.6 Å². The van der Waals surface area contributed by atoms with Gasteiger partial charge in [0.1, 0.15) is 5.58 Å². The molecule has 6 heteroatoms. The van der Waals surface area contributed by atoms with Crippen molar-refractivity contribution < 1.29 is 18.7 Å². The Kier molecular flexibility index (Phi) is 5.07. The highest BCUT2D eigenvalue weighted by atomic mass is 16.5. The molecular weight excluding hydrogens is 346 g/mol. The number of carbonyl (C=O) groups is 2. The molecule has 6 nitrogen and oxygen atoms in total. The zero-order valence-electron chi connectivity index (χ0n) is 15.3. The molecule has 0 fully saturated rings. The summed E-state index contributed by atoms with van der Waals surface area (Å²) in [4.78, 5) is 36.5. The summed E-state index contributed by atoms with van der Waals surface area (Å²) in [6.45, 7) is 5.74. The number of hydrogen-bond donors (Lipinski definition) is 1. The van der Waals surface area contributed by atoms with E-state index in [0.717, 1.165) is 11.1 Å². The van der Waals surface area contributed by atoms with E-state index < -0.39 is 11.9 Å². The molecule has 0 bridgehead atoms. The molecular formula is C21H19NO5. The first-order valence-electron chi connectivity index (χ1n) is 8.52. The highest BCUT2D eigenvalue weighted by Gasteiger charge is 2.15. The summed E-state index contributed by atoms with van der Waals surface area (Å²) in [6, 6.07) is 11.1. The van der Waals surface area contributed by atoms with Crippen molar-refractivity contribution in [2.45, 2.75) is 20.8 Å². The van der Waals surface area contributed by atoms with Crippen molar-refractivity contribution in [3.8, 4) is 0 Å². The highest BCUT2D eigenvalue weighted by Crippen LogP contribution is 2.20. The molecule has 1 heterocycles. The minimum absolute atomic E-state index is 0.0751. The maximum absolute atomic E-state index is 12.5. The predicted octanol–water partition coefficient (Wildman–Crippen LogP) is 3.84. The van der Waals surface area contributed by atoms with E-state index >= 15 is 0 Å². The minimum Gasteiger partial charge on any atom is -0.462 e. The van der Waals surface area contributed by atoms with Crippen molar-refractivity contribution in [3.63, 3.8) is 0 Å². The van der Waals surface area contributed by atoms with Gasteiger partial charge in [-0.2, -0.15) is 0 Å². The number of ether oxygens (including phenoxy) is 1. The average molecular weight is 365 g/mol. The van der Waals surface area contributed by atoms with Crippen LogP contribution in [0.1, 0.15) is 39.0 Å². The van der Waals surface area contributed by atoms with E-state index in [1.807, 2.05) is 19.9 Å². The maximum atomic E-state index is 12.5. The molecule has 0 saturated heterocycles. The fourth-order valence-corrected chi connectivity index (χ4v) is 2.82. The lowest BCUT2D eigenvalue weighted by Gasteiger charge is -2.08. The molecule has 3 aromatic rings. The normalized spacial score (nSPS) is 10.6. The Morgan fingerprint density at radius 2 is 1.78 bits per heavy atom. The average Bonchev–Trinajstić information content (AvgIpc) is 2.63. The van der Waals surface area contributed by atoms with E-state index in [-0.39, 0.29) is 17.8 Å². The number of fused-ring (bicyclic) bond motifs is 1. The van der Waals surface area contributed by atoms with Crippen LogP contribution in [-0.2, 0) is 4.74 Å². The Morgan fingerprint density at radius 1 is 1.07 bits per heavy atom. The first-order valence-corrected chi connectivity index (χ1v) is 8.52. The monoisotopic (exact) mass is 365 g/mol. The molecule has 0 saturated carbocycles. The number of anilines is 1. The quantitative estimate of drug-likeness (QED) is 0.710. The van der Waals surface area contributed by atoms with Crippen molar-refractivity contribution in [2.75, 3.05) is 11.9 Å². The Balaban J connectivity index is 1.86. The fourth-order valence-electron chi connectivity index (χ4n) is 2.82. The van der Waals surface area contributed by atoms with Crippen LogP contribution >= 0.6 is 0 Å². The van der Waals surface area contributed by atoms with E-state index in [0.29, 0.717) is 22.2 Å². The van der Waals surface area contributed by atoms with E-state index in [1.54, 1.807) is 37.3 Å². The molecule has 0 aliphatic heterocycles. The molecule has 0 atom stereocenters. The number of benzene rings is 2. The molecule has 0 spiro atoms. The lowest BCUT2D eigenvalue weighted by atomic mass is 10.1. The molecule has 2 aromatic carbocycles. The first kappa shape index (κ1) is 18.4. The van der Waals surface area contributed by atoms with Crippen molar-refractivity contribution in [1.29, 1.82) is 0 Å². The minimum atomic E-state index is -0.544. The fraction of sp³-hybridized carbons (Fsp3) is 0.190. The predicted molar refractivity (Wildman–Crippen MR) is 102 cm³/mol. The van der Waals surface area contributed by atoms with E-state index in [2.05, 4.69) is 5.32 Å². The number of nitrogens with one attached hydrogen (secondary N) is 1. The van der Waals surface area contributed by atoms with Gasteiger partial charge in [-0.1, -0.05) is 6.07 Å². The van der Waals surface area contributed by atoms with Crippen LogP contribution in [0.3, 0.4) is 0 Å². The van der Waals surface area contributed by atoms with Crippen molar-refractivity contribution in [2.24, 2.45) is 0 Å². The second-order valence-corrected chi connectivity index (χ2v) is 6.19. The van der Waals surface area contributed by atoms with Gasteiger partial charge in [-0.15, -0.1) is 0 Å². The maximum Gasteiger partial charge on any atom is 0.338 e. The summed E-state index contributed by atoms with van der Waals surface area (Å²) in [5.74, 6) is -1.05. The van der Waals surface area contributed by atoms with Gasteiger partial charge in [0.25, 0.3) is 5.91 Å². The lowest BCUT2D eigenvalue weighted by molar-refractivity contribution is 0.0526. The largest absolute Gasteiger partial charge is 0.462 e. The third kappa shape index (κ3) is 3.89. The number of amides is 1. The number of carbonyl (C=O) groups excluding carboxylic acids is 2. The Morgan fingerprint density at radius 3 is 2.44 bits per heavy atom. The summed E-state index contributed by atoms with van der Waals surface area (Å²) in [7, 11) is 0. The summed E-state index contributed by atoms with van der Waals surface area (Å²) in [6.07, 6.45) is 0. The second-order valence-electron chi connectivity index (χ2n) is 6.19. The van der Waals surface area contributed by atoms with Gasteiger partial charge in [-0.25, -0.2) is 4.79 Å². The van der Waals surface area contributed by atoms with E-state index in [9.17, 15) is 14.4 Å². The number of rotatable bonds is 4. The molecule has 1 amide bonds. The van der Waals surface area contributed by atoms with Crippen molar-refractivity contribution in [3.05, 3.63) is 75.1 Å². The van der Waals surface area contributed by atoms with Gasteiger partial charge in [0.2, 0.25) is 0 Å². The topological polar surface area (TPSA) is 85.6 Å². The van der Waals surface area contributed by atoms with Crippen LogP contribution < -0.4 is 10.7 Å². The second kappa shape index (κ2) is 7.45. The standard InChI is InChI=1S/C21H19NO5/c1-4-26-21(25)14-5-7-15(8-6-14)22-20(24)18-11-17(23)16-10-12(2)9-13(3)19(16)27-18/h5-11H,4H2,1-3H3,(H,22,24). The molecule has 0 radical (unpaired) electrons. The van der Waals surface area contributed by atoms with Crippen LogP contribution in [0.2, 0.25) is 0 Å². The van der Waals surface area contributed by atoms with Gasteiger partial charge in [-0.3, -0.25) is 9.59 Å². The SMILES string of the molecule is CCOC(=O)c1ccc(NC(=O)c2cc(=O)c3cc(C)cc(C)c3o2)cc1. The summed E-state index contributed by atoms with van der Waals surface area (Å²) in [5.41, 5.74) is 2.72. The summed E-state index contributed by atoms with van der Waals surface area (Å²) < 4.78 is 10.6. The third-order valence-corrected chi connectivity index (χ3v) is 4.04. The Bertz CT molecular complexity index is 1080. The van der Waals surface area contributed by atoms with Gasteiger partial charge < -0.3 is 14.5 Å². The van der Waals surface area contributed by atoms with Gasteiger partial charge in [0.15, 0.2) is 11.2 Å². The van der Waals surface area contributed by atoms with Gasteiger partial charge in [-0.05, 0) is 62.2 Å². The molecule has 1 N–H and O–H groups in total. The van der Waals surface area contributed by atoms with Crippen molar-refractivity contribution >= 4 is 28.5 Å². The molecule has 27 heavy (non-hydrogen) atoms. The van der Waals surface area contributed by atoms with Gasteiger partial charge in [0, 0.05) is 11.8 Å². The van der Waals surface area contributed by atoms with Gasteiger partial charge >= 0.3 is 5.97 Å². The molecule has 0 aliphatic carbocycles. The van der Waals surface area contributed by atoms with Crippen LogP contribution in [0.25, 0.3) is 11.0 Å². The Hall–Kier alpha value is -3.41. The third-order valence-electron chi connectivity index (χ3n) is 4.04. The zero-order chi connectivity index (χ0) is 19.6. The molecule has 1 aromatic heterocycles. The molecule has 3 rings (SSSR count). The summed E-state index contributed by atoms with van der Waals surface area (Å²) >= 11 is 0. The molecule has 0 unspecified atom stereocenters. The van der Waals surface area contributed by atoms with E-state index in [1.165, 1.54) is 6.07 Å². The van der Waals surface area contributed by atoms with Crippen LogP contribution in [-0.4, -0.2) is 18.5 Å². The zero-order valence-corrected chi connectivity index (χ0v) is 15.3. The molecule has 138 valence electrons. The van der Waals surface area contributed by atoms with Crippen LogP contribution in [0, 0.1) is 13.8 Å². The smallest absolute Gasteiger partial charge is 0.338 e. The number of hydrogen-bond acceptors (Lipinski definition) is 5. The molecule has 0 aliphatic rings. The van der Waals surface area contributed by atoms with Crippen molar-refractivity contribution in [1.82, 2.24) is 0 Å². The number of esters is 1. The summed E-state index contributed by atoms with van der Waals surface area (Å²) in [5, 5.41) is 3.10. The van der Waals surface area contributed by atoms with Crippen LogP contribution in [0.5, 0.6) is 0 Å². The van der Waals surface area contributed by atoms with Crippen LogP contribution in [0.4, 0.5) is 5.69 Å².